The second-order valence-corrected chi connectivity index (χ2v) is 4.00. The van der Waals surface area contributed by atoms with E-state index in [1.54, 1.807) is 18.0 Å². The first-order valence-electron chi connectivity index (χ1n) is 5.44. The lowest BCUT2D eigenvalue weighted by molar-refractivity contribution is 0.229. The maximum Gasteiger partial charge on any atom is 0.324 e. The fourth-order valence-corrected chi connectivity index (χ4v) is 1.86. The van der Waals surface area contributed by atoms with Crippen LogP contribution in [0.1, 0.15) is 12.5 Å². The molecule has 0 aromatic heterocycles. The van der Waals surface area contributed by atoms with Crippen LogP contribution in [0.2, 0.25) is 0 Å². The van der Waals surface area contributed by atoms with Gasteiger partial charge >= 0.3 is 6.03 Å². The average molecular weight is 222 g/mol. The van der Waals surface area contributed by atoms with Gasteiger partial charge in [-0.3, -0.25) is 4.90 Å². The van der Waals surface area contributed by atoms with Crippen LogP contribution in [-0.4, -0.2) is 31.1 Å². The molecule has 0 atom stereocenters. The van der Waals surface area contributed by atoms with Crippen molar-refractivity contribution in [1.29, 1.82) is 0 Å². The topological polar surface area (TPSA) is 23.6 Å². The highest BCUT2D eigenvalue weighted by atomic mass is 19.1. The lowest BCUT2D eigenvalue weighted by atomic mass is 10.1. The Morgan fingerprint density at radius 3 is 2.62 bits per heavy atom. The third kappa shape index (κ3) is 1.75. The molecule has 0 unspecified atom stereocenters. The Balaban J connectivity index is 2.31. The number of hydrogen-bond donors (Lipinski definition) is 0. The van der Waals surface area contributed by atoms with Crippen LogP contribution in [-0.2, 0) is 6.42 Å². The van der Waals surface area contributed by atoms with Crippen LogP contribution < -0.4 is 4.90 Å². The molecule has 0 aliphatic carbocycles. The first-order chi connectivity index (χ1) is 7.63. The molecule has 1 heterocycles. The third-order valence-electron chi connectivity index (χ3n) is 2.93. The van der Waals surface area contributed by atoms with Crippen molar-refractivity contribution in [3.63, 3.8) is 0 Å². The first-order valence-corrected chi connectivity index (χ1v) is 5.44. The van der Waals surface area contributed by atoms with Crippen molar-refractivity contribution in [2.45, 2.75) is 13.3 Å². The average Bonchev–Trinajstić information content (AvgIpc) is 2.60. The van der Waals surface area contributed by atoms with E-state index in [9.17, 15) is 9.18 Å². The lowest BCUT2D eigenvalue weighted by Crippen LogP contribution is -2.29. The van der Waals surface area contributed by atoms with Crippen molar-refractivity contribution < 1.29 is 9.18 Å². The minimum Gasteiger partial charge on any atom is -0.326 e. The molecular weight excluding hydrogens is 207 g/mol. The molecule has 1 aliphatic rings. The number of carbonyl (C=O) groups is 1. The van der Waals surface area contributed by atoms with Crippen molar-refractivity contribution in [3.8, 4) is 0 Å². The Morgan fingerprint density at radius 1 is 1.38 bits per heavy atom. The van der Waals surface area contributed by atoms with Crippen LogP contribution in [0.4, 0.5) is 14.9 Å². The van der Waals surface area contributed by atoms with Crippen molar-refractivity contribution >= 4 is 11.7 Å². The van der Waals surface area contributed by atoms with Gasteiger partial charge in [-0.25, -0.2) is 9.18 Å². The summed E-state index contributed by atoms with van der Waals surface area (Å²) in [6, 6.07) is 4.92. The number of nitrogens with zero attached hydrogens (tertiary/aromatic N) is 2. The quantitative estimate of drug-likeness (QED) is 0.753. The van der Waals surface area contributed by atoms with Crippen LogP contribution >= 0.6 is 0 Å². The van der Waals surface area contributed by atoms with E-state index in [1.807, 2.05) is 13.0 Å². The van der Waals surface area contributed by atoms with Gasteiger partial charge < -0.3 is 4.90 Å². The van der Waals surface area contributed by atoms with E-state index in [-0.39, 0.29) is 11.8 Å². The number of hydrogen-bond acceptors (Lipinski definition) is 1. The Labute approximate surface area is 94.5 Å². The highest BCUT2D eigenvalue weighted by Crippen LogP contribution is 2.24. The van der Waals surface area contributed by atoms with Crippen molar-refractivity contribution in [1.82, 2.24) is 4.90 Å². The maximum absolute atomic E-state index is 13.8. The zero-order valence-electron chi connectivity index (χ0n) is 9.53. The van der Waals surface area contributed by atoms with Crippen LogP contribution in [0, 0.1) is 5.82 Å². The molecule has 0 spiro atoms. The highest BCUT2D eigenvalue weighted by molar-refractivity contribution is 5.94. The van der Waals surface area contributed by atoms with Gasteiger partial charge in [0.15, 0.2) is 0 Å². The molecule has 1 aromatic carbocycles. The van der Waals surface area contributed by atoms with Crippen LogP contribution in [0.3, 0.4) is 0 Å². The van der Waals surface area contributed by atoms with E-state index >= 15 is 0 Å². The summed E-state index contributed by atoms with van der Waals surface area (Å²) in [6.07, 6.45) is 0.797. The van der Waals surface area contributed by atoms with Crippen LogP contribution in [0.25, 0.3) is 0 Å². The molecule has 0 radical (unpaired) electrons. The van der Waals surface area contributed by atoms with Gasteiger partial charge in [0.2, 0.25) is 0 Å². The molecule has 0 N–H and O–H groups in total. The number of rotatable bonds is 2. The Hall–Kier alpha value is -1.58. The molecule has 1 saturated heterocycles. The van der Waals surface area contributed by atoms with Gasteiger partial charge in [0, 0.05) is 20.1 Å². The molecule has 2 rings (SSSR count). The zero-order valence-corrected chi connectivity index (χ0v) is 9.53. The predicted molar refractivity (Wildman–Crippen MR) is 61.2 cm³/mol. The highest BCUT2D eigenvalue weighted by Gasteiger charge is 2.28. The van der Waals surface area contributed by atoms with Crippen LogP contribution in [0.5, 0.6) is 0 Å². The fraction of sp³-hybridized carbons (Fsp3) is 0.417. The number of amides is 2. The standard InChI is InChI=1S/C12H15FN2O/c1-3-9-4-5-11(10(13)8-9)15-7-6-14(2)12(15)16/h4-5,8H,3,6-7H2,1-2H3. The molecule has 1 aliphatic heterocycles. The van der Waals surface area contributed by atoms with E-state index in [0.717, 1.165) is 12.0 Å². The van der Waals surface area contributed by atoms with Gasteiger partial charge in [0.25, 0.3) is 0 Å². The summed E-state index contributed by atoms with van der Waals surface area (Å²) in [5.41, 5.74) is 1.33. The number of carbonyl (C=O) groups excluding carboxylic acids is 1. The molecule has 3 nitrogen and oxygen atoms in total. The molecule has 0 bridgehead atoms. The number of aryl methyl sites for hydroxylation is 1. The first kappa shape index (κ1) is 10.9. The smallest absolute Gasteiger partial charge is 0.324 e. The Bertz CT molecular complexity index is 419. The summed E-state index contributed by atoms with van der Waals surface area (Å²) in [5, 5.41) is 0. The van der Waals surface area contributed by atoms with Gasteiger partial charge in [0.05, 0.1) is 5.69 Å². The molecule has 1 fully saturated rings. The SMILES string of the molecule is CCc1ccc(N2CCN(C)C2=O)c(F)c1. The number of likely N-dealkylation sites (N-methyl/N-ethyl adjacent to an activating group) is 1. The number of benzene rings is 1. The van der Waals surface area contributed by atoms with E-state index in [1.165, 1.54) is 11.0 Å². The van der Waals surface area contributed by atoms with E-state index in [2.05, 4.69) is 0 Å². The predicted octanol–water partition coefficient (Wildman–Crippen LogP) is 2.26. The fourth-order valence-electron chi connectivity index (χ4n) is 1.86. The molecule has 0 saturated carbocycles. The molecule has 4 heteroatoms. The summed E-state index contributed by atoms with van der Waals surface area (Å²) in [7, 11) is 1.72. The number of anilines is 1. The number of halogens is 1. The van der Waals surface area contributed by atoms with Crippen molar-refractivity contribution in [2.24, 2.45) is 0 Å². The summed E-state index contributed by atoms with van der Waals surface area (Å²) in [5.74, 6) is -0.317. The molecule has 2 amide bonds. The van der Waals surface area contributed by atoms with Gasteiger partial charge in [-0.05, 0) is 24.1 Å². The minimum absolute atomic E-state index is 0.136. The summed E-state index contributed by atoms with van der Waals surface area (Å²) in [4.78, 5) is 14.8. The van der Waals surface area contributed by atoms with E-state index in [0.29, 0.717) is 18.8 Å². The Kier molecular flexibility index (Phi) is 2.81. The van der Waals surface area contributed by atoms with Crippen molar-refractivity contribution in [3.05, 3.63) is 29.6 Å². The second-order valence-electron chi connectivity index (χ2n) is 4.00. The van der Waals surface area contributed by atoms with E-state index in [4.69, 9.17) is 0 Å². The molecule has 86 valence electrons. The molecule has 16 heavy (non-hydrogen) atoms. The molecule has 1 aromatic rings. The van der Waals surface area contributed by atoms with E-state index < -0.39 is 0 Å². The van der Waals surface area contributed by atoms with Gasteiger partial charge in [-0.2, -0.15) is 0 Å². The molecular formula is C12H15FN2O. The minimum atomic E-state index is -0.317. The summed E-state index contributed by atoms with van der Waals surface area (Å²) >= 11 is 0. The largest absolute Gasteiger partial charge is 0.326 e. The maximum atomic E-state index is 13.8. The van der Waals surface area contributed by atoms with Gasteiger partial charge in [-0.15, -0.1) is 0 Å². The summed E-state index contributed by atoms with van der Waals surface area (Å²) in [6.45, 7) is 3.18. The normalized spacial score (nSPS) is 16.1. The second kappa shape index (κ2) is 4.12. The van der Waals surface area contributed by atoms with Gasteiger partial charge in [-0.1, -0.05) is 13.0 Å². The summed E-state index contributed by atoms with van der Waals surface area (Å²) < 4.78 is 13.8. The Morgan fingerprint density at radius 2 is 2.12 bits per heavy atom. The van der Waals surface area contributed by atoms with Crippen molar-refractivity contribution in [2.75, 3.05) is 25.0 Å². The lowest BCUT2D eigenvalue weighted by Gasteiger charge is -2.17. The third-order valence-corrected chi connectivity index (χ3v) is 2.93. The number of urea groups is 1. The monoisotopic (exact) mass is 222 g/mol. The van der Waals surface area contributed by atoms with Gasteiger partial charge in [0.1, 0.15) is 5.82 Å². The van der Waals surface area contributed by atoms with Crippen LogP contribution in [0.15, 0.2) is 18.2 Å². The zero-order chi connectivity index (χ0) is 11.7.